The van der Waals surface area contributed by atoms with Gasteiger partial charge in [-0.3, -0.25) is 14.9 Å². The summed E-state index contributed by atoms with van der Waals surface area (Å²) in [6.07, 6.45) is 1.60. The van der Waals surface area contributed by atoms with Crippen molar-refractivity contribution < 1.29 is 19.6 Å². The van der Waals surface area contributed by atoms with Crippen LogP contribution in [-0.2, 0) is 4.79 Å². The molecule has 2 N–H and O–H groups in total. The van der Waals surface area contributed by atoms with E-state index in [2.05, 4.69) is 10.3 Å². The van der Waals surface area contributed by atoms with Crippen molar-refractivity contribution in [2.45, 2.75) is 6.92 Å². The lowest BCUT2D eigenvalue weighted by Crippen LogP contribution is -2.19. The predicted molar refractivity (Wildman–Crippen MR) is 102 cm³/mol. The number of hydrogen-bond donors (Lipinski definition) is 2. The monoisotopic (exact) mass is 383 g/mol. The van der Waals surface area contributed by atoms with Crippen molar-refractivity contribution >= 4 is 46.3 Å². The molecule has 0 radical (unpaired) electrons. The van der Waals surface area contributed by atoms with Gasteiger partial charge in [0.2, 0.25) is 0 Å². The fourth-order valence-electron chi connectivity index (χ4n) is 2.30. The van der Waals surface area contributed by atoms with Crippen LogP contribution in [0.5, 0.6) is 0 Å². The molecule has 1 aliphatic heterocycles. The van der Waals surface area contributed by atoms with Gasteiger partial charge in [-0.2, -0.15) is 0 Å². The van der Waals surface area contributed by atoms with E-state index in [1.165, 1.54) is 24.3 Å². The third kappa shape index (κ3) is 4.21. The van der Waals surface area contributed by atoms with Gasteiger partial charge in [-0.25, -0.2) is 9.79 Å². The number of amidine groups is 1. The number of nitrogens with zero attached hydrogens (tertiary/aromatic N) is 2. The Kier molecular flexibility index (Phi) is 5.04. The summed E-state index contributed by atoms with van der Waals surface area (Å²) in [4.78, 5) is 38.1. The Morgan fingerprint density at radius 1 is 1.26 bits per heavy atom. The summed E-state index contributed by atoms with van der Waals surface area (Å²) in [6.45, 7) is 1.79. The number of aromatic carboxylic acids is 1. The first-order valence-electron chi connectivity index (χ1n) is 7.71. The second kappa shape index (κ2) is 7.42. The number of thioether (sulfide) groups is 1. The van der Waals surface area contributed by atoms with E-state index in [4.69, 9.17) is 5.11 Å². The summed E-state index contributed by atoms with van der Waals surface area (Å²) in [7, 11) is 0. The molecule has 0 aliphatic carbocycles. The van der Waals surface area contributed by atoms with Gasteiger partial charge in [-0.15, -0.1) is 0 Å². The number of carboxylic acid groups (broad SMARTS) is 1. The highest BCUT2D eigenvalue weighted by molar-refractivity contribution is 8.18. The first-order chi connectivity index (χ1) is 12.8. The third-order valence-electron chi connectivity index (χ3n) is 3.73. The van der Waals surface area contributed by atoms with Crippen LogP contribution < -0.4 is 5.32 Å². The lowest BCUT2D eigenvalue weighted by atomic mass is 10.1. The Hall–Kier alpha value is -3.46. The van der Waals surface area contributed by atoms with Crippen LogP contribution >= 0.6 is 11.8 Å². The number of carboxylic acids is 1. The van der Waals surface area contributed by atoms with Gasteiger partial charge in [0.15, 0.2) is 5.17 Å². The quantitative estimate of drug-likeness (QED) is 0.473. The van der Waals surface area contributed by atoms with E-state index in [1.807, 2.05) is 0 Å². The number of benzene rings is 2. The number of non-ortho nitro benzene ring substituents is 1. The maximum Gasteiger partial charge on any atom is 0.335 e. The molecule has 1 aliphatic rings. The molecule has 1 heterocycles. The Labute approximate surface area is 157 Å². The molecule has 0 saturated carbocycles. The Bertz CT molecular complexity index is 1010. The van der Waals surface area contributed by atoms with Gasteiger partial charge in [0.05, 0.1) is 21.1 Å². The number of aliphatic imine (C=N–C) groups is 1. The van der Waals surface area contributed by atoms with Crippen molar-refractivity contribution in [3.8, 4) is 0 Å². The van der Waals surface area contributed by atoms with E-state index in [1.54, 1.807) is 31.2 Å². The van der Waals surface area contributed by atoms with Crippen LogP contribution in [0.4, 0.5) is 11.4 Å². The lowest BCUT2D eigenvalue weighted by Gasteiger charge is -2.03. The molecule has 2 aromatic rings. The maximum absolute atomic E-state index is 12.1. The molecule has 0 unspecified atom stereocenters. The van der Waals surface area contributed by atoms with Crippen LogP contribution in [0.2, 0.25) is 0 Å². The zero-order valence-corrected chi connectivity index (χ0v) is 14.8. The molecule has 0 aromatic heterocycles. The first-order valence-corrected chi connectivity index (χ1v) is 8.53. The summed E-state index contributed by atoms with van der Waals surface area (Å²) < 4.78 is 0. The standard InChI is InChI=1S/C18H13N3O5S/c1-10-2-5-12(17(23)24)9-14(10)19-18-20-16(22)15(27-18)8-11-3-6-13(7-4-11)21(25)26/h2-9H,1H3,(H,23,24)(H,19,20,22)/b15-8-. The highest BCUT2D eigenvalue weighted by Crippen LogP contribution is 2.29. The van der Waals surface area contributed by atoms with Gasteiger partial charge >= 0.3 is 5.97 Å². The Morgan fingerprint density at radius 2 is 1.96 bits per heavy atom. The van der Waals surface area contributed by atoms with E-state index >= 15 is 0 Å². The molecule has 136 valence electrons. The minimum atomic E-state index is -1.06. The Balaban J connectivity index is 1.85. The van der Waals surface area contributed by atoms with Crippen molar-refractivity contribution in [1.29, 1.82) is 0 Å². The molecule has 1 amide bonds. The zero-order chi connectivity index (χ0) is 19.6. The average molecular weight is 383 g/mol. The maximum atomic E-state index is 12.1. The van der Waals surface area contributed by atoms with E-state index in [9.17, 15) is 19.7 Å². The van der Waals surface area contributed by atoms with Gasteiger partial charge in [0.1, 0.15) is 0 Å². The van der Waals surface area contributed by atoms with Crippen LogP contribution in [0.25, 0.3) is 6.08 Å². The normalized spacial score (nSPS) is 16.6. The highest BCUT2D eigenvalue weighted by atomic mass is 32.2. The minimum absolute atomic E-state index is 0.0308. The van der Waals surface area contributed by atoms with E-state index in [0.717, 1.165) is 17.3 Å². The van der Waals surface area contributed by atoms with Crippen LogP contribution in [0.3, 0.4) is 0 Å². The molecular weight excluding hydrogens is 370 g/mol. The Morgan fingerprint density at radius 3 is 2.59 bits per heavy atom. The average Bonchev–Trinajstić information content (AvgIpc) is 2.96. The summed E-state index contributed by atoms with van der Waals surface area (Å²) >= 11 is 1.11. The summed E-state index contributed by atoms with van der Waals surface area (Å²) in [5, 5.41) is 22.7. The molecule has 2 aromatic carbocycles. The number of carbonyl (C=O) groups excluding carboxylic acids is 1. The topological polar surface area (TPSA) is 122 Å². The smallest absolute Gasteiger partial charge is 0.335 e. The largest absolute Gasteiger partial charge is 0.478 e. The van der Waals surface area contributed by atoms with Crippen molar-refractivity contribution in [2.24, 2.45) is 4.99 Å². The molecule has 0 bridgehead atoms. The second-order valence-corrected chi connectivity index (χ2v) is 6.67. The SMILES string of the molecule is Cc1ccc(C(=O)O)cc1N=C1NC(=O)/C(=C/c2ccc([N+](=O)[O-])cc2)S1. The molecule has 1 fully saturated rings. The molecule has 0 atom stereocenters. The van der Waals surface area contributed by atoms with E-state index in [-0.39, 0.29) is 17.2 Å². The van der Waals surface area contributed by atoms with Crippen molar-refractivity contribution in [2.75, 3.05) is 0 Å². The number of hydrogen-bond acceptors (Lipinski definition) is 6. The molecule has 8 nitrogen and oxygen atoms in total. The second-order valence-electron chi connectivity index (χ2n) is 5.64. The number of nitrogens with one attached hydrogen (secondary N) is 1. The van der Waals surface area contributed by atoms with E-state index < -0.39 is 10.9 Å². The van der Waals surface area contributed by atoms with Gasteiger partial charge in [0.25, 0.3) is 11.6 Å². The fourth-order valence-corrected chi connectivity index (χ4v) is 3.13. The summed E-state index contributed by atoms with van der Waals surface area (Å²) in [6, 6.07) is 10.4. The van der Waals surface area contributed by atoms with Gasteiger partial charge in [-0.05, 0) is 60.2 Å². The van der Waals surface area contributed by atoms with Crippen molar-refractivity contribution in [3.63, 3.8) is 0 Å². The van der Waals surface area contributed by atoms with Crippen LogP contribution in [-0.4, -0.2) is 27.1 Å². The number of nitro groups is 1. The number of aryl methyl sites for hydroxylation is 1. The minimum Gasteiger partial charge on any atom is -0.478 e. The molecule has 1 saturated heterocycles. The van der Waals surface area contributed by atoms with Crippen LogP contribution in [0.15, 0.2) is 52.4 Å². The highest BCUT2D eigenvalue weighted by Gasteiger charge is 2.24. The van der Waals surface area contributed by atoms with Gasteiger partial charge < -0.3 is 10.4 Å². The summed E-state index contributed by atoms with van der Waals surface area (Å²) in [5.41, 5.74) is 1.95. The lowest BCUT2D eigenvalue weighted by molar-refractivity contribution is -0.384. The first kappa shape index (κ1) is 18.3. The molecule has 9 heteroatoms. The number of carbonyl (C=O) groups is 2. The molecule has 27 heavy (non-hydrogen) atoms. The fraction of sp³-hybridized carbons (Fsp3) is 0.0556. The third-order valence-corrected chi connectivity index (χ3v) is 4.64. The van der Waals surface area contributed by atoms with Crippen LogP contribution in [0.1, 0.15) is 21.5 Å². The number of nitro benzene ring substituents is 1. The van der Waals surface area contributed by atoms with Gasteiger partial charge in [0, 0.05) is 12.1 Å². The van der Waals surface area contributed by atoms with Crippen molar-refractivity contribution in [1.82, 2.24) is 5.32 Å². The van der Waals surface area contributed by atoms with Gasteiger partial charge in [-0.1, -0.05) is 6.07 Å². The van der Waals surface area contributed by atoms with Crippen LogP contribution in [0, 0.1) is 17.0 Å². The van der Waals surface area contributed by atoms with Crippen molar-refractivity contribution in [3.05, 3.63) is 74.2 Å². The van der Waals surface area contributed by atoms with E-state index in [0.29, 0.717) is 21.3 Å². The summed E-state index contributed by atoms with van der Waals surface area (Å²) in [5.74, 6) is -1.40. The molecule has 3 rings (SSSR count). The predicted octanol–water partition coefficient (Wildman–Crippen LogP) is 3.49. The number of amides is 1. The molecular formula is C18H13N3O5S. The zero-order valence-electron chi connectivity index (χ0n) is 14.0. The molecule has 0 spiro atoms. The number of rotatable bonds is 4.